The van der Waals surface area contributed by atoms with E-state index >= 15 is 0 Å². The first-order valence-electron chi connectivity index (χ1n) is 7.85. The minimum absolute atomic E-state index is 0.0346. The summed E-state index contributed by atoms with van der Waals surface area (Å²) in [5.41, 5.74) is 3.55. The van der Waals surface area contributed by atoms with Crippen LogP contribution in [0.25, 0.3) is 11.5 Å². The predicted molar refractivity (Wildman–Crippen MR) is 95.1 cm³/mol. The molecule has 0 amide bonds. The molecule has 0 bridgehead atoms. The van der Waals surface area contributed by atoms with Crippen LogP contribution in [0.3, 0.4) is 0 Å². The SMILES string of the molecule is Cc1ccccc1CS(=O)(=O)NCc1nnc(-c2ccccc2C)o1. The molecule has 0 saturated heterocycles. The van der Waals surface area contributed by atoms with Crippen molar-refractivity contribution in [2.45, 2.75) is 26.1 Å². The standard InChI is InChI=1S/C18H19N3O3S/c1-13-7-3-5-9-15(13)12-25(22,23)19-11-17-20-21-18(24-17)16-10-6-4-8-14(16)2/h3-10,19H,11-12H2,1-2H3. The van der Waals surface area contributed by atoms with Crippen LogP contribution in [0.5, 0.6) is 0 Å². The van der Waals surface area contributed by atoms with Gasteiger partial charge in [0.2, 0.25) is 21.8 Å². The summed E-state index contributed by atoms with van der Waals surface area (Å²) in [5, 5.41) is 7.91. The molecule has 130 valence electrons. The molecule has 25 heavy (non-hydrogen) atoms. The first-order valence-corrected chi connectivity index (χ1v) is 9.50. The number of hydrogen-bond acceptors (Lipinski definition) is 5. The Morgan fingerprint density at radius 2 is 1.64 bits per heavy atom. The fourth-order valence-corrected chi connectivity index (χ4v) is 3.63. The van der Waals surface area contributed by atoms with Gasteiger partial charge in [0.15, 0.2) is 0 Å². The topological polar surface area (TPSA) is 85.1 Å². The molecule has 6 nitrogen and oxygen atoms in total. The van der Waals surface area contributed by atoms with E-state index in [9.17, 15) is 8.42 Å². The van der Waals surface area contributed by atoms with Crippen LogP contribution in [-0.4, -0.2) is 18.6 Å². The summed E-state index contributed by atoms with van der Waals surface area (Å²) in [6.07, 6.45) is 0. The molecule has 1 heterocycles. The molecule has 0 aliphatic carbocycles. The first kappa shape index (κ1) is 17.3. The lowest BCUT2D eigenvalue weighted by Crippen LogP contribution is -2.25. The van der Waals surface area contributed by atoms with Crippen molar-refractivity contribution in [1.29, 1.82) is 0 Å². The molecule has 1 aromatic heterocycles. The number of hydrogen-bond donors (Lipinski definition) is 1. The second kappa shape index (κ2) is 7.16. The Morgan fingerprint density at radius 1 is 0.960 bits per heavy atom. The predicted octanol–water partition coefficient (Wildman–Crippen LogP) is 2.97. The van der Waals surface area contributed by atoms with Crippen molar-refractivity contribution < 1.29 is 12.8 Å². The average molecular weight is 357 g/mol. The molecule has 1 N–H and O–H groups in total. The van der Waals surface area contributed by atoms with Crippen LogP contribution >= 0.6 is 0 Å². The third kappa shape index (κ3) is 4.32. The van der Waals surface area contributed by atoms with Crippen molar-refractivity contribution in [2.24, 2.45) is 0 Å². The van der Waals surface area contributed by atoms with Crippen LogP contribution in [0.4, 0.5) is 0 Å². The van der Waals surface area contributed by atoms with Crippen LogP contribution in [0.2, 0.25) is 0 Å². The summed E-state index contributed by atoms with van der Waals surface area (Å²) in [6, 6.07) is 15.0. The van der Waals surface area contributed by atoms with Gasteiger partial charge in [-0.2, -0.15) is 0 Å². The fraction of sp³-hybridized carbons (Fsp3) is 0.222. The maximum atomic E-state index is 12.3. The molecule has 7 heteroatoms. The van der Waals surface area contributed by atoms with Crippen molar-refractivity contribution in [1.82, 2.24) is 14.9 Å². The number of aryl methyl sites for hydroxylation is 2. The molecule has 0 unspecified atom stereocenters. The smallest absolute Gasteiger partial charge is 0.248 e. The largest absolute Gasteiger partial charge is 0.419 e. The van der Waals surface area contributed by atoms with E-state index in [1.165, 1.54) is 0 Å². The first-order chi connectivity index (χ1) is 11.9. The summed E-state index contributed by atoms with van der Waals surface area (Å²) in [5.74, 6) is 0.524. The lowest BCUT2D eigenvalue weighted by molar-refractivity contribution is 0.494. The molecule has 0 fully saturated rings. The zero-order valence-corrected chi connectivity index (χ0v) is 14.9. The highest BCUT2D eigenvalue weighted by Gasteiger charge is 2.16. The molecule has 0 radical (unpaired) electrons. The second-order valence-corrected chi connectivity index (χ2v) is 7.63. The number of nitrogens with zero attached hydrogens (tertiary/aromatic N) is 2. The van der Waals surface area contributed by atoms with E-state index in [4.69, 9.17) is 4.42 Å². The van der Waals surface area contributed by atoms with E-state index in [0.29, 0.717) is 5.89 Å². The van der Waals surface area contributed by atoms with Crippen molar-refractivity contribution in [3.63, 3.8) is 0 Å². The second-order valence-electron chi connectivity index (χ2n) is 5.82. The highest BCUT2D eigenvalue weighted by Crippen LogP contribution is 2.21. The molecule has 2 aromatic carbocycles. The molecule has 3 aromatic rings. The van der Waals surface area contributed by atoms with Gasteiger partial charge in [-0.05, 0) is 36.6 Å². The maximum absolute atomic E-state index is 12.3. The quantitative estimate of drug-likeness (QED) is 0.733. The number of benzene rings is 2. The van der Waals surface area contributed by atoms with Crippen LogP contribution < -0.4 is 4.72 Å². The third-order valence-corrected chi connectivity index (χ3v) is 5.17. The highest BCUT2D eigenvalue weighted by atomic mass is 32.2. The molecular formula is C18H19N3O3S. The minimum atomic E-state index is -3.50. The van der Waals surface area contributed by atoms with Crippen molar-refractivity contribution in [2.75, 3.05) is 0 Å². The average Bonchev–Trinajstić information content (AvgIpc) is 3.04. The number of nitrogens with one attached hydrogen (secondary N) is 1. The Hall–Kier alpha value is -2.51. The number of sulfonamides is 1. The van der Waals surface area contributed by atoms with Crippen LogP contribution in [0.15, 0.2) is 52.9 Å². The van der Waals surface area contributed by atoms with Gasteiger partial charge in [0, 0.05) is 5.56 Å². The monoisotopic (exact) mass is 357 g/mol. The maximum Gasteiger partial charge on any atom is 0.248 e. The summed E-state index contributed by atoms with van der Waals surface area (Å²) in [6.45, 7) is 3.80. The van der Waals surface area contributed by atoms with E-state index in [2.05, 4.69) is 14.9 Å². The fourth-order valence-electron chi connectivity index (χ4n) is 2.45. The van der Waals surface area contributed by atoms with Crippen molar-refractivity contribution in [3.05, 3.63) is 71.1 Å². The van der Waals surface area contributed by atoms with Crippen LogP contribution in [-0.2, 0) is 22.3 Å². The minimum Gasteiger partial charge on any atom is -0.419 e. The van der Waals surface area contributed by atoms with Crippen LogP contribution in [0, 0.1) is 13.8 Å². The highest BCUT2D eigenvalue weighted by molar-refractivity contribution is 7.88. The van der Waals surface area contributed by atoms with E-state index in [1.54, 1.807) is 6.07 Å². The van der Waals surface area contributed by atoms with E-state index in [-0.39, 0.29) is 18.2 Å². The molecular weight excluding hydrogens is 338 g/mol. The molecule has 0 spiro atoms. The van der Waals surface area contributed by atoms with Gasteiger partial charge in [0.25, 0.3) is 0 Å². The van der Waals surface area contributed by atoms with Gasteiger partial charge in [-0.25, -0.2) is 13.1 Å². The molecule has 0 atom stereocenters. The molecule has 3 rings (SSSR count). The lowest BCUT2D eigenvalue weighted by Gasteiger charge is -2.07. The summed E-state index contributed by atoms with van der Waals surface area (Å²) >= 11 is 0. The van der Waals surface area contributed by atoms with Gasteiger partial charge >= 0.3 is 0 Å². The molecule has 0 aliphatic rings. The van der Waals surface area contributed by atoms with E-state index in [0.717, 1.165) is 22.3 Å². The summed E-state index contributed by atoms with van der Waals surface area (Å²) < 4.78 is 32.6. The van der Waals surface area contributed by atoms with E-state index < -0.39 is 10.0 Å². The van der Waals surface area contributed by atoms with Gasteiger partial charge in [0.05, 0.1) is 12.3 Å². The molecule has 0 aliphatic heterocycles. The number of aromatic nitrogens is 2. The third-order valence-electron chi connectivity index (χ3n) is 3.89. The Balaban J connectivity index is 1.68. The Morgan fingerprint density at radius 3 is 2.36 bits per heavy atom. The zero-order valence-electron chi connectivity index (χ0n) is 14.1. The van der Waals surface area contributed by atoms with Gasteiger partial charge in [-0.3, -0.25) is 0 Å². The Bertz CT molecular complexity index is 980. The lowest BCUT2D eigenvalue weighted by atomic mass is 10.1. The van der Waals surface area contributed by atoms with E-state index in [1.807, 2.05) is 56.3 Å². The van der Waals surface area contributed by atoms with Gasteiger partial charge in [0.1, 0.15) is 0 Å². The van der Waals surface area contributed by atoms with Gasteiger partial charge < -0.3 is 4.42 Å². The number of rotatable bonds is 6. The summed E-state index contributed by atoms with van der Waals surface area (Å²) in [7, 11) is -3.50. The summed E-state index contributed by atoms with van der Waals surface area (Å²) in [4.78, 5) is 0. The normalized spacial score (nSPS) is 11.6. The molecule has 0 saturated carbocycles. The van der Waals surface area contributed by atoms with Crippen LogP contribution in [0.1, 0.15) is 22.6 Å². The van der Waals surface area contributed by atoms with Gasteiger partial charge in [-0.1, -0.05) is 42.5 Å². The van der Waals surface area contributed by atoms with Gasteiger partial charge in [-0.15, -0.1) is 10.2 Å². The van der Waals surface area contributed by atoms with Crippen molar-refractivity contribution >= 4 is 10.0 Å². The Kier molecular flexibility index (Phi) is 4.96. The Labute approximate surface area is 147 Å². The van der Waals surface area contributed by atoms with Crippen molar-refractivity contribution in [3.8, 4) is 11.5 Å². The zero-order chi connectivity index (χ0) is 17.9.